The lowest BCUT2D eigenvalue weighted by molar-refractivity contribution is 0.0937. The van der Waals surface area contributed by atoms with Crippen molar-refractivity contribution in [2.75, 3.05) is 5.32 Å². The van der Waals surface area contributed by atoms with E-state index in [0.717, 1.165) is 29.4 Å². The van der Waals surface area contributed by atoms with Crippen molar-refractivity contribution in [2.24, 2.45) is 0 Å². The molecule has 1 fully saturated rings. The van der Waals surface area contributed by atoms with Crippen LogP contribution in [0, 0.1) is 0 Å². The van der Waals surface area contributed by atoms with Crippen LogP contribution in [0.2, 0.25) is 5.02 Å². The zero-order valence-electron chi connectivity index (χ0n) is 17.9. The molecule has 33 heavy (non-hydrogen) atoms. The van der Waals surface area contributed by atoms with E-state index in [9.17, 15) is 9.59 Å². The van der Waals surface area contributed by atoms with Crippen LogP contribution in [-0.2, 0) is 0 Å². The van der Waals surface area contributed by atoms with Crippen molar-refractivity contribution in [1.82, 2.24) is 15.3 Å². The fourth-order valence-electron chi connectivity index (χ4n) is 4.14. The minimum atomic E-state index is -0.202. The highest BCUT2D eigenvalue weighted by atomic mass is 35.5. The Kier molecular flexibility index (Phi) is 5.84. The second-order valence-electron chi connectivity index (χ2n) is 8.31. The molecular weight excluding hydrogens is 436 g/mol. The van der Waals surface area contributed by atoms with Gasteiger partial charge in [0.2, 0.25) is 0 Å². The summed E-state index contributed by atoms with van der Waals surface area (Å²) >= 11 is 5.88. The monoisotopic (exact) mass is 458 g/mol. The minimum Gasteiger partial charge on any atom is -0.349 e. The summed E-state index contributed by atoms with van der Waals surface area (Å²) in [7, 11) is 0. The van der Waals surface area contributed by atoms with Crippen LogP contribution in [0.1, 0.15) is 46.4 Å². The van der Waals surface area contributed by atoms with E-state index < -0.39 is 0 Å². The summed E-state index contributed by atoms with van der Waals surface area (Å²) in [4.78, 5) is 32.9. The fourth-order valence-corrected chi connectivity index (χ4v) is 4.27. The number of nitrogens with zero attached hydrogens (tertiary/aromatic N) is 1. The standard InChI is InChI=1S/C26H23ClN4O2/c27-19-10-5-17(6-11-19)25(32)29-21-12-7-16(8-13-21)24-30-22-14-9-18(15-23(22)31-24)26(33)28-20-3-1-2-4-20/h5-15,20H,1-4H2,(H,28,33)(H,29,32)(H,30,31). The van der Waals surface area contributed by atoms with Gasteiger partial charge in [0.1, 0.15) is 5.82 Å². The Morgan fingerprint density at radius 2 is 1.58 bits per heavy atom. The number of aromatic nitrogens is 2. The summed E-state index contributed by atoms with van der Waals surface area (Å²) in [6.45, 7) is 0. The van der Waals surface area contributed by atoms with Gasteiger partial charge < -0.3 is 15.6 Å². The predicted octanol–water partition coefficient (Wildman–Crippen LogP) is 5.81. The van der Waals surface area contributed by atoms with Crippen LogP contribution >= 0.6 is 11.6 Å². The average Bonchev–Trinajstić information content (AvgIpc) is 3.49. The number of benzene rings is 3. The van der Waals surface area contributed by atoms with Crippen LogP contribution < -0.4 is 10.6 Å². The van der Waals surface area contributed by atoms with Crippen LogP contribution in [0.25, 0.3) is 22.4 Å². The van der Waals surface area contributed by atoms with Gasteiger partial charge in [0.25, 0.3) is 11.8 Å². The Morgan fingerprint density at radius 1 is 0.879 bits per heavy atom. The Morgan fingerprint density at radius 3 is 2.30 bits per heavy atom. The third-order valence-electron chi connectivity index (χ3n) is 5.96. The van der Waals surface area contributed by atoms with E-state index in [2.05, 4.69) is 20.6 Å². The minimum absolute atomic E-state index is 0.0410. The molecule has 1 aliphatic rings. The molecule has 1 saturated carbocycles. The summed E-state index contributed by atoms with van der Waals surface area (Å²) < 4.78 is 0. The molecule has 0 spiro atoms. The van der Waals surface area contributed by atoms with Crippen LogP contribution in [-0.4, -0.2) is 27.8 Å². The molecule has 7 heteroatoms. The normalized spacial score (nSPS) is 13.8. The van der Waals surface area contributed by atoms with Crippen LogP contribution in [0.4, 0.5) is 5.69 Å². The summed E-state index contributed by atoms with van der Waals surface area (Å²) in [5, 5.41) is 6.58. The van der Waals surface area contributed by atoms with Crippen LogP contribution in [0.15, 0.2) is 66.7 Å². The number of carbonyl (C=O) groups excluding carboxylic acids is 2. The fraction of sp³-hybridized carbons (Fsp3) is 0.192. The van der Waals surface area contributed by atoms with Gasteiger partial charge in [-0.15, -0.1) is 0 Å². The highest BCUT2D eigenvalue weighted by Crippen LogP contribution is 2.24. The second kappa shape index (κ2) is 9.08. The Bertz CT molecular complexity index is 1310. The lowest BCUT2D eigenvalue weighted by Crippen LogP contribution is -2.32. The molecule has 5 rings (SSSR count). The van der Waals surface area contributed by atoms with Crippen molar-refractivity contribution < 1.29 is 9.59 Å². The topological polar surface area (TPSA) is 86.9 Å². The third-order valence-corrected chi connectivity index (χ3v) is 6.21. The Balaban J connectivity index is 1.29. The Labute approximate surface area is 196 Å². The molecule has 3 N–H and O–H groups in total. The molecule has 0 unspecified atom stereocenters. The maximum Gasteiger partial charge on any atom is 0.255 e. The summed E-state index contributed by atoms with van der Waals surface area (Å²) in [5.74, 6) is 0.459. The van der Waals surface area contributed by atoms with Gasteiger partial charge in [0, 0.05) is 33.4 Å². The number of carbonyl (C=O) groups is 2. The van der Waals surface area contributed by atoms with E-state index in [0.29, 0.717) is 27.7 Å². The molecule has 1 aromatic heterocycles. The molecule has 1 heterocycles. The van der Waals surface area contributed by atoms with Crippen molar-refractivity contribution in [3.8, 4) is 11.4 Å². The maximum absolute atomic E-state index is 12.6. The van der Waals surface area contributed by atoms with Crippen LogP contribution in [0.5, 0.6) is 0 Å². The quantitative estimate of drug-likeness (QED) is 0.352. The highest BCUT2D eigenvalue weighted by molar-refractivity contribution is 6.30. The molecule has 1 aliphatic carbocycles. The SMILES string of the molecule is O=C(Nc1ccc(-c2nc3ccc(C(=O)NC4CCCC4)cc3[nH]2)cc1)c1ccc(Cl)cc1. The van der Waals surface area contributed by atoms with Gasteiger partial charge in [-0.2, -0.15) is 0 Å². The molecule has 4 aromatic rings. The molecule has 2 amide bonds. The van der Waals surface area contributed by atoms with Crippen molar-refractivity contribution >= 4 is 40.1 Å². The van der Waals surface area contributed by atoms with Gasteiger partial charge in [-0.05, 0) is 79.6 Å². The summed E-state index contributed by atoms with van der Waals surface area (Å²) in [6.07, 6.45) is 4.46. The number of fused-ring (bicyclic) bond motifs is 1. The van der Waals surface area contributed by atoms with E-state index in [-0.39, 0.29) is 17.9 Å². The van der Waals surface area contributed by atoms with Gasteiger partial charge in [0.05, 0.1) is 11.0 Å². The van der Waals surface area contributed by atoms with Gasteiger partial charge in [-0.3, -0.25) is 9.59 Å². The van der Waals surface area contributed by atoms with Crippen molar-refractivity contribution in [3.63, 3.8) is 0 Å². The Hall–Kier alpha value is -3.64. The van der Waals surface area contributed by atoms with Gasteiger partial charge in [-0.1, -0.05) is 24.4 Å². The number of amides is 2. The third kappa shape index (κ3) is 4.76. The number of hydrogen-bond acceptors (Lipinski definition) is 3. The predicted molar refractivity (Wildman–Crippen MR) is 131 cm³/mol. The molecule has 0 aliphatic heterocycles. The number of rotatable bonds is 5. The molecular formula is C26H23ClN4O2. The van der Waals surface area contributed by atoms with E-state index in [1.165, 1.54) is 12.8 Å². The molecule has 0 radical (unpaired) electrons. The molecule has 6 nitrogen and oxygen atoms in total. The highest BCUT2D eigenvalue weighted by Gasteiger charge is 2.18. The van der Waals surface area contributed by atoms with Crippen molar-refractivity contribution in [1.29, 1.82) is 0 Å². The van der Waals surface area contributed by atoms with Crippen LogP contribution in [0.3, 0.4) is 0 Å². The first-order chi connectivity index (χ1) is 16.0. The van der Waals surface area contributed by atoms with Crippen molar-refractivity contribution in [2.45, 2.75) is 31.7 Å². The molecule has 166 valence electrons. The number of hydrogen-bond donors (Lipinski definition) is 3. The zero-order chi connectivity index (χ0) is 22.8. The van der Waals surface area contributed by atoms with E-state index in [4.69, 9.17) is 11.6 Å². The largest absolute Gasteiger partial charge is 0.349 e. The number of imidazole rings is 1. The zero-order valence-corrected chi connectivity index (χ0v) is 18.7. The summed E-state index contributed by atoms with van der Waals surface area (Å²) in [6, 6.07) is 20.0. The van der Waals surface area contributed by atoms with Crippen molar-refractivity contribution in [3.05, 3.63) is 82.9 Å². The smallest absolute Gasteiger partial charge is 0.255 e. The first kappa shape index (κ1) is 21.2. The van der Waals surface area contributed by atoms with E-state index in [1.54, 1.807) is 24.3 Å². The maximum atomic E-state index is 12.6. The van der Waals surface area contributed by atoms with Gasteiger partial charge in [-0.25, -0.2) is 4.98 Å². The molecule has 0 bridgehead atoms. The number of halogens is 1. The first-order valence-electron chi connectivity index (χ1n) is 11.0. The second-order valence-corrected chi connectivity index (χ2v) is 8.75. The number of nitrogens with one attached hydrogen (secondary N) is 3. The molecule has 0 atom stereocenters. The van der Waals surface area contributed by atoms with E-state index >= 15 is 0 Å². The van der Waals surface area contributed by atoms with Gasteiger partial charge in [0.15, 0.2) is 0 Å². The summed E-state index contributed by atoms with van der Waals surface area (Å²) in [5.41, 5.74) is 4.33. The number of anilines is 1. The van der Waals surface area contributed by atoms with Gasteiger partial charge >= 0.3 is 0 Å². The number of aromatic amines is 1. The lowest BCUT2D eigenvalue weighted by Gasteiger charge is -2.11. The van der Waals surface area contributed by atoms with E-state index in [1.807, 2.05) is 42.5 Å². The lowest BCUT2D eigenvalue weighted by atomic mass is 10.1. The number of H-pyrrole nitrogens is 1. The first-order valence-corrected chi connectivity index (χ1v) is 11.4. The molecule has 3 aromatic carbocycles. The molecule has 0 saturated heterocycles. The average molecular weight is 459 g/mol.